The highest BCUT2D eigenvalue weighted by atomic mass is 16.7. The fraction of sp³-hybridized carbons (Fsp3) is 0.562. The molecular formula is C16H24O5. The lowest BCUT2D eigenvalue weighted by atomic mass is 10.1. The van der Waals surface area contributed by atoms with E-state index in [2.05, 4.69) is 0 Å². The molecule has 0 amide bonds. The molecule has 5 nitrogen and oxygen atoms in total. The highest BCUT2D eigenvalue weighted by Crippen LogP contribution is 2.23. The second-order valence-corrected chi connectivity index (χ2v) is 5.20. The van der Waals surface area contributed by atoms with E-state index >= 15 is 0 Å². The van der Waals surface area contributed by atoms with Crippen LogP contribution in [-0.4, -0.2) is 31.6 Å². The van der Waals surface area contributed by atoms with Crippen molar-refractivity contribution in [2.45, 2.75) is 46.8 Å². The zero-order valence-electron chi connectivity index (χ0n) is 13.3. The van der Waals surface area contributed by atoms with Gasteiger partial charge in [0, 0.05) is 11.6 Å². The average Bonchev–Trinajstić information content (AvgIpc) is 2.37. The molecular weight excluding hydrogens is 272 g/mol. The maximum Gasteiger partial charge on any atom is 0.189 e. The Balaban J connectivity index is 2.72. The Hall–Kier alpha value is -1.59. The number of carbonyl (C=O) groups is 1. The van der Waals surface area contributed by atoms with Crippen LogP contribution in [-0.2, 0) is 9.47 Å². The Morgan fingerprint density at radius 2 is 1.33 bits per heavy atom. The third kappa shape index (κ3) is 7.11. The number of hydrogen-bond donors (Lipinski definition) is 0. The highest BCUT2D eigenvalue weighted by molar-refractivity contribution is 5.94. The fourth-order valence-corrected chi connectivity index (χ4v) is 1.42. The molecule has 0 spiro atoms. The zero-order valence-corrected chi connectivity index (χ0v) is 13.3. The number of carbonyl (C=O) groups excluding carboxylic acids is 1. The summed E-state index contributed by atoms with van der Waals surface area (Å²) in [5, 5.41) is 0. The molecule has 0 heterocycles. The van der Waals surface area contributed by atoms with Gasteiger partial charge >= 0.3 is 0 Å². The Morgan fingerprint density at radius 3 is 1.67 bits per heavy atom. The van der Waals surface area contributed by atoms with E-state index < -0.39 is 0 Å². The lowest BCUT2D eigenvalue weighted by Gasteiger charge is -2.13. The molecule has 0 aliphatic carbocycles. The average molecular weight is 296 g/mol. The van der Waals surface area contributed by atoms with Crippen LogP contribution >= 0.6 is 0 Å². The SMILES string of the molecule is CC(=O)c1cc(OCOC(C)C)cc(OCOC(C)C)c1. The van der Waals surface area contributed by atoms with Crippen LogP contribution in [0, 0.1) is 0 Å². The molecule has 0 aliphatic rings. The first-order valence-corrected chi connectivity index (χ1v) is 7.03. The Morgan fingerprint density at radius 1 is 0.905 bits per heavy atom. The second-order valence-electron chi connectivity index (χ2n) is 5.20. The molecule has 0 aromatic heterocycles. The molecule has 0 fully saturated rings. The van der Waals surface area contributed by atoms with E-state index in [9.17, 15) is 4.79 Å². The van der Waals surface area contributed by atoms with Gasteiger partial charge in [-0.2, -0.15) is 0 Å². The van der Waals surface area contributed by atoms with Crippen molar-refractivity contribution in [1.82, 2.24) is 0 Å². The van der Waals surface area contributed by atoms with E-state index in [1.807, 2.05) is 27.7 Å². The Labute approximate surface area is 126 Å². The standard InChI is InChI=1S/C16H24O5/c1-11(2)18-9-20-15-6-14(13(5)17)7-16(8-15)21-10-19-12(3)4/h6-8,11-12H,9-10H2,1-5H3. The molecule has 118 valence electrons. The summed E-state index contributed by atoms with van der Waals surface area (Å²) in [6, 6.07) is 5.05. The van der Waals surface area contributed by atoms with Gasteiger partial charge in [-0.1, -0.05) is 0 Å². The van der Waals surface area contributed by atoms with Crippen molar-refractivity contribution >= 4 is 5.78 Å². The molecule has 0 atom stereocenters. The minimum Gasteiger partial charge on any atom is -0.467 e. The molecule has 1 rings (SSSR count). The monoisotopic (exact) mass is 296 g/mol. The van der Waals surface area contributed by atoms with E-state index in [1.165, 1.54) is 6.92 Å². The highest BCUT2D eigenvalue weighted by Gasteiger charge is 2.07. The minimum atomic E-state index is -0.0557. The van der Waals surface area contributed by atoms with Crippen LogP contribution < -0.4 is 9.47 Å². The normalized spacial score (nSPS) is 11.0. The molecule has 5 heteroatoms. The van der Waals surface area contributed by atoms with E-state index in [4.69, 9.17) is 18.9 Å². The van der Waals surface area contributed by atoms with Gasteiger partial charge in [-0.3, -0.25) is 4.79 Å². The summed E-state index contributed by atoms with van der Waals surface area (Å²) in [5.41, 5.74) is 0.525. The van der Waals surface area contributed by atoms with Crippen molar-refractivity contribution in [2.24, 2.45) is 0 Å². The van der Waals surface area contributed by atoms with E-state index in [0.717, 1.165) is 0 Å². The van der Waals surface area contributed by atoms with Gasteiger partial charge in [0.25, 0.3) is 0 Å². The maximum absolute atomic E-state index is 11.5. The molecule has 0 aliphatic heterocycles. The number of ether oxygens (including phenoxy) is 4. The predicted octanol–water partition coefficient (Wildman–Crippen LogP) is 3.41. The van der Waals surface area contributed by atoms with Gasteiger partial charge in [0.15, 0.2) is 19.4 Å². The quantitative estimate of drug-likeness (QED) is 0.516. The minimum absolute atomic E-state index is 0.0557. The third-order valence-corrected chi connectivity index (χ3v) is 2.54. The summed E-state index contributed by atoms with van der Waals surface area (Å²) in [4.78, 5) is 11.5. The van der Waals surface area contributed by atoms with Crippen molar-refractivity contribution < 1.29 is 23.7 Å². The molecule has 0 saturated carbocycles. The van der Waals surface area contributed by atoms with Crippen LogP contribution in [0.4, 0.5) is 0 Å². The van der Waals surface area contributed by atoms with Gasteiger partial charge in [0.2, 0.25) is 0 Å². The lowest BCUT2D eigenvalue weighted by Crippen LogP contribution is -2.11. The molecule has 0 radical (unpaired) electrons. The third-order valence-electron chi connectivity index (χ3n) is 2.54. The van der Waals surface area contributed by atoms with E-state index in [1.54, 1.807) is 18.2 Å². The Kier molecular flexibility index (Phi) is 7.19. The van der Waals surface area contributed by atoms with Crippen molar-refractivity contribution in [3.63, 3.8) is 0 Å². The van der Waals surface area contributed by atoms with Crippen LogP contribution in [0.1, 0.15) is 45.0 Å². The van der Waals surface area contributed by atoms with Crippen LogP contribution in [0.5, 0.6) is 11.5 Å². The zero-order chi connectivity index (χ0) is 15.8. The molecule has 1 aromatic carbocycles. The summed E-state index contributed by atoms with van der Waals surface area (Å²) in [5.74, 6) is 1.01. The second kappa shape index (κ2) is 8.64. The molecule has 0 bridgehead atoms. The number of rotatable bonds is 9. The smallest absolute Gasteiger partial charge is 0.189 e. The molecule has 0 unspecified atom stereocenters. The number of benzene rings is 1. The molecule has 21 heavy (non-hydrogen) atoms. The van der Waals surface area contributed by atoms with Crippen molar-refractivity contribution in [1.29, 1.82) is 0 Å². The van der Waals surface area contributed by atoms with E-state index in [-0.39, 0.29) is 31.6 Å². The predicted molar refractivity (Wildman–Crippen MR) is 79.9 cm³/mol. The summed E-state index contributed by atoms with van der Waals surface area (Å²) >= 11 is 0. The summed E-state index contributed by atoms with van der Waals surface area (Å²) in [7, 11) is 0. The van der Waals surface area contributed by atoms with Gasteiger partial charge in [0.1, 0.15) is 11.5 Å². The number of Topliss-reactive ketones (excluding diaryl/α,β-unsaturated/α-hetero) is 1. The molecule has 0 N–H and O–H groups in total. The van der Waals surface area contributed by atoms with Crippen LogP contribution in [0.3, 0.4) is 0 Å². The van der Waals surface area contributed by atoms with Crippen LogP contribution in [0.2, 0.25) is 0 Å². The van der Waals surface area contributed by atoms with Gasteiger partial charge in [-0.25, -0.2) is 0 Å². The first-order valence-electron chi connectivity index (χ1n) is 7.03. The number of ketones is 1. The molecule has 1 aromatic rings. The van der Waals surface area contributed by atoms with Crippen molar-refractivity contribution in [2.75, 3.05) is 13.6 Å². The summed E-state index contributed by atoms with van der Waals surface area (Å²) < 4.78 is 21.6. The van der Waals surface area contributed by atoms with Gasteiger partial charge in [-0.15, -0.1) is 0 Å². The Bertz CT molecular complexity index is 422. The maximum atomic E-state index is 11.5. The lowest BCUT2D eigenvalue weighted by molar-refractivity contribution is -0.0231. The van der Waals surface area contributed by atoms with E-state index in [0.29, 0.717) is 17.1 Å². The van der Waals surface area contributed by atoms with Crippen molar-refractivity contribution in [3.05, 3.63) is 23.8 Å². The van der Waals surface area contributed by atoms with Crippen molar-refractivity contribution in [3.8, 4) is 11.5 Å². The molecule has 0 saturated heterocycles. The van der Waals surface area contributed by atoms with Crippen LogP contribution in [0.25, 0.3) is 0 Å². The topological polar surface area (TPSA) is 54.0 Å². The summed E-state index contributed by atoms with van der Waals surface area (Å²) in [6.07, 6.45) is 0.160. The van der Waals surface area contributed by atoms with Gasteiger partial charge < -0.3 is 18.9 Å². The number of hydrogen-bond acceptors (Lipinski definition) is 5. The van der Waals surface area contributed by atoms with Gasteiger partial charge in [-0.05, 0) is 46.8 Å². The fourth-order valence-electron chi connectivity index (χ4n) is 1.42. The van der Waals surface area contributed by atoms with Gasteiger partial charge in [0.05, 0.1) is 12.2 Å². The summed E-state index contributed by atoms with van der Waals surface area (Å²) in [6.45, 7) is 9.45. The largest absolute Gasteiger partial charge is 0.467 e. The first kappa shape index (κ1) is 17.5. The van der Waals surface area contributed by atoms with Crippen LogP contribution in [0.15, 0.2) is 18.2 Å². The first-order chi connectivity index (χ1) is 9.88.